The first-order chi connectivity index (χ1) is 9.56. The van der Waals surface area contributed by atoms with Gasteiger partial charge in [0.15, 0.2) is 17.4 Å². The van der Waals surface area contributed by atoms with Crippen molar-refractivity contribution in [2.45, 2.75) is 4.90 Å². The summed E-state index contributed by atoms with van der Waals surface area (Å²) in [6, 6.07) is 5.59. The molecule has 0 amide bonds. The molecule has 7 heteroatoms. The second kappa shape index (κ2) is 6.48. The molecule has 106 valence electrons. The Kier molecular flexibility index (Phi) is 4.91. The van der Waals surface area contributed by atoms with Crippen molar-refractivity contribution >= 4 is 30.6 Å². The minimum absolute atomic E-state index is 0.0280. The van der Waals surface area contributed by atoms with Crippen LogP contribution in [0.2, 0.25) is 0 Å². The maximum Gasteiger partial charge on any atom is 0.585 e. The lowest BCUT2D eigenvalue weighted by Crippen LogP contribution is -1.92. The first kappa shape index (κ1) is 15.2. The smallest absolute Gasteiger partial charge is 0.338 e. The Balaban J connectivity index is 2.51. The number of ether oxygens (including phenoxy) is 1. The summed E-state index contributed by atoms with van der Waals surface area (Å²) in [6.07, 6.45) is 1.72. The van der Waals surface area contributed by atoms with Gasteiger partial charge < -0.3 is 4.74 Å². The van der Waals surface area contributed by atoms with Gasteiger partial charge in [0.1, 0.15) is 0 Å². The number of methoxy groups -OCH3 is 1. The fourth-order valence-corrected chi connectivity index (χ4v) is 3.05. The summed E-state index contributed by atoms with van der Waals surface area (Å²) in [5, 5.41) is 0.693. The standard InChI is InChI=1S/C13H12F2O3PS/c1-17-7-19(16)18-9-5-8-3-4-10(14)13(15)12(8)11(6-9)20-2/h3-6H,7H2,1-2H3/q+1. The van der Waals surface area contributed by atoms with Crippen LogP contribution in [0.15, 0.2) is 29.2 Å². The van der Waals surface area contributed by atoms with Gasteiger partial charge in [0.2, 0.25) is 0 Å². The van der Waals surface area contributed by atoms with Crippen molar-refractivity contribution < 1.29 is 22.6 Å². The summed E-state index contributed by atoms with van der Waals surface area (Å²) in [5.41, 5.74) is 0. The van der Waals surface area contributed by atoms with Gasteiger partial charge in [-0.15, -0.1) is 11.8 Å². The quantitative estimate of drug-likeness (QED) is 0.598. The molecule has 0 fully saturated rings. The average molecular weight is 317 g/mol. The van der Waals surface area contributed by atoms with Crippen LogP contribution in [0, 0.1) is 11.6 Å². The molecule has 0 radical (unpaired) electrons. The maximum atomic E-state index is 13.9. The maximum absolute atomic E-state index is 13.9. The number of hydrogen-bond donors (Lipinski definition) is 0. The molecule has 0 bridgehead atoms. The molecule has 0 aromatic heterocycles. The van der Waals surface area contributed by atoms with Crippen molar-refractivity contribution in [3.63, 3.8) is 0 Å². The second-order valence-corrected chi connectivity index (χ2v) is 5.88. The Morgan fingerprint density at radius 2 is 2.05 bits per heavy atom. The van der Waals surface area contributed by atoms with Gasteiger partial charge in [0.25, 0.3) is 6.35 Å². The first-order valence-electron chi connectivity index (χ1n) is 5.64. The molecule has 2 aromatic carbocycles. The second-order valence-electron chi connectivity index (χ2n) is 3.93. The Labute approximate surface area is 120 Å². The Hall–Kier alpha value is -1.23. The van der Waals surface area contributed by atoms with Crippen LogP contribution in [0.3, 0.4) is 0 Å². The zero-order chi connectivity index (χ0) is 14.7. The van der Waals surface area contributed by atoms with E-state index in [9.17, 15) is 13.3 Å². The van der Waals surface area contributed by atoms with E-state index >= 15 is 0 Å². The van der Waals surface area contributed by atoms with E-state index in [1.165, 1.54) is 31.0 Å². The number of hydrogen-bond acceptors (Lipinski definition) is 4. The molecule has 0 aliphatic carbocycles. The lowest BCUT2D eigenvalue weighted by Gasteiger charge is -2.07. The van der Waals surface area contributed by atoms with E-state index in [4.69, 9.17) is 9.26 Å². The van der Waals surface area contributed by atoms with Crippen LogP contribution in [-0.4, -0.2) is 19.7 Å². The molecule has 1 unspecified atom stereocenters. The predicted octanol–water partition coefficient (Wildman–Crippen LogP) is 4.57. The monoisotopic (exact) mass is 317 g/mol. The highest BCUT2D eigenvalue weighted by Crippen LogP contribution is 2.36. The average Bonchev–Trinajstić information content (AvgIpc) is 2.42. The van der Waals surface area contributed by atoms with Crippen molar-refractivity contribution in [1.29, 1.82) is 0 Å². The summed E-state index contributed by atoms with van der Waals surface area (Å²) in [7, 11) is -0.574. The molecule has 0 spiro atoms. The van der Waals surface area contributed by atoms with Crippen molar-refractivity contribution in [3.8, 4) is 5.75 Å². The van der Waals surface area contributed by atoms with Crippen molar-refractivity contribution in [2.24, 2.45) is 0 Å². The van der Waals surface area contributed by atoms with E-state index in [1.807, 2.05) is 0 Å². The summed E-state index contributed by atoms with van der Waals surface area (Å²) >= 11 is 1.26. The normalized spacial score (nSPS) is 11.7. The Morgan fingerprint density at radius 1 is 1.30 bits per heavy atom. The first-order valence-corrected chi connectivity index (χ1v) is 8.23. The largest absolute Gasteiger partial charge is 0.585 e. The third-order valence-electron chi connectivity index (χ3n) is 2.61. The molecule has 0 aliphatic rings. The number of rotatable bonds is 5. The minimum atomic E-state index is -1.99. The molecule has 0 saturated carbocycles. The SMILES string of the molecule is COC[P+](=O)Oc1cc(SC)c2c(F)c(F)ccc2c1. The summed E-state index contributed by atoms with van der Waals surface area (Å²) in [4.78, 5) is 0.523. The molecule has 3 nitrogen and oxygen atoms in total. The van der Waals surface area contributed by atoms with Crippen LogP contribution in [-0.2, 0) is 9.30 Å². The van der Waals surface area contributed by atoms with Gasteiger partial charge in [-0.3, -0.25) is 4.52 Å². The van der Waals surface area contributed by atoms with Crippen LogP contribution < -0.4 is 4.52 Å². The summed E-state index contributed by atoms with van der Waals surface area (Å²) in [6.45, 7) is 0. The van der Waals surface area contributed by atoms with E-state index in [-0.39, 0.29) is 11.7 Å². The lowest BCUT2D eigenvalue weighted by atomic mass is 10.1. The van der Waals surface area contributed by atoms with Gasteiger partial charge in [-0.2, -0.15) is 0 Å². The number of benzene rings is 2. The summed E-state index contributed by atoms with van der Waals surface area (Å²) < 4.78 is 48.6. The number of fused-ring (bicyclic) bond motifs is 1. The predicted molar refractivity (Wildman–Crippen MR) is 75.8 cm³/mol. The molecule has 0 aliphatic heterocycles. The molecule has 20 heavy (non-hydrogen) atoms. The van der Waals surface area contributed by atoms with Gasteiger partial charge in [0, 0.05) is 23.5 Å². The number of halogens is 2. The van der Waals surface area contributed by atoms with Gasteiger partial charge in [-0.1, -0.05) is 6.07 Å². The highest BCUT2D eigenvalue weighted by atomic mass is 32.2. The van der Waals surface area contributed by atoms with Gasteiger partial charge in [-0.05, 0) is 28.3 Å². The molecular formula is C13H12F2O3PS+. The van der Waals surface area contributed by atoms with Crippen LogP contribution in [0.25, 0.3) is 10.8 Å². The fourth-order valence-electron chi connectivity index (χ4n) is 1.80. The topological polar surface area (TPSA) is 35.5 Å². The van der Waals surface area contributed by atoms with E-state index in [1.54, 1.807) is 12.3 Å². The van der Waals surface area contributed by atoms with E-state index in [2.05, 4.69) is 0 Å². The van der Waals surface area contributed by atoms with Crippen molar-refractivity contribution in [2.75, 3.05) is 19.7 Å². The molecule has 1 atom stereocenters. The molecule has 0 N–H and O–H groups in total. The van der Waals surface area contributed by atoms with Crippen molar-refractivity contribution in [1.82, 2.24) is 0 Å². The van der Waals surface area contributed by atoms with E-state index in [0.717, 1.165) is 6.07 Å². The highest BCUT2D eigenvalue weighted by molar-refractivity contribution is 7.98. The number of thioether (sulfide) groups is 1. The van der Waals surface area contributed by atoms with Crippen molar-refractivity contribution in [3.05, 3.63) is 35.9 Å². The third kappa shape index (κ3) is 3.08. The lowest BCUT2D eigenvalue weighted by molar-refractivity contribution is 0.244. The third-order valence-corrected chi connectivity index (χ3v) is 4.25. The van der Waals surface area contributed by atoms with Gasteiger partial charge in [0.05, 0.1) is 0 Å². The zero-order valence-electron chi connectivity index (χ0n) is 10.9. The Bertz CT molecular complexity index is 664. The van der Waals surface area contributed by atoms with Crippen LogP contribution >= 0.6 is 19.8 Å². The van der Waals surface area contributed by atoms with Gasteiger partial charge in [-0.25, -0.2) is 8.78 Å². The molecule has 2 rings (SSSR count). The molecule has 2 aromatic rings. The van der Waals surface area contributed by atoms with Crippen LogP contribution in [0.5, 0.6) is 5.75 Å². The molecule has 0 saturated heterocycles. The highest BCUT2D eigenvalue weighted by Gasteiger charge is 2.20. The van der Waals surface area contributed by atoms with Crippen LogP contribution in [0.4, 0.5) is 8.78 Å². The zero-order valence-corrected chi connectivity index (χ0v) is 12.6. The van der Waals surface area contributed by atoms with Crippen LogP contribution in [0.1, 0.15) is 0 Å². The Morgan fingerprint density at radius 3 is 2.70 bits per heavy atom. The van der Waals surface area contributed by atoms with E-state index < -0.39 is 19.7 Å². The molecular weight excluding hydrogens is 305 g/mol. The summed E-state index contributed by atoms with van der Waals surface area (Å²) in [5.74, 6) is -1.45. The fraction of sp³-hybridized carbons (Fsp3) is 0.231. The molecule has 0 heterocycles. The van der Waals surface area contributed by atoms with Gasteiger partial charge >= 0.3 is 8.03 Å². The minimum Gasteiger partial charge on any atom is -0.338 e. The van der Waals surface area contributed by atoms with E-state index in [0.29, 0.717) is 16.0 Å².